The molecule has 1 amide bonds. The van der Waals surface area contributed by atoms with Gasteiger partial charge in [0.1, 0.15) is 5.82 Å². The molecule has 1 aromatic heterocycles. The summed E-state index contributed by atoms with van der Waals surface area (Å²) in [7, 11) is -3.55. The van der Waals surface area contributed by atoms with Crippen molar-refractivity contribution < 1.29 is 17.9 Å². The number of hydrogen-bond donors (Lipinski definition) is 1. The van der Waals surface area contributed by atoms with Gasteiger partial charge < -0.3 is 14.6 Å². The summed E-state index contributed by atoms with van der Waals surface area (Å²) in [6.07, 6.45) is 2.24. The Morgan fingerprint density at radius 1 is 1.20 bits per heavy atom. The number of aromatic nitrogens is 3. The van der Waals surface area contributed by atoms with Crippen LogP contribution in [0.25, 0.3) is 0 Å². The van der Waals surface area contributed by atoms with Crippen molar-refractivity contribution in [1.82, 2.24) is 19.1 Å². The van der Waals surface area contributed by atoms with Crippen LogP contribution in [0.2, 0.25) is 0 Å². The van der Waals surface area contributed by atoms with Crippen LogP contribution in [-0.2, 0) is 19.6 Å². The first-order valence-electron chi connectivity index (χ1n) is 9.93. The highest BCUT2D eigenvalue weighted by molar-refractivity contribution is 8.00. The van der Waals surface area contributed by atoms with Gasteiger partial charge >= 0.3 is 0 Å². The number of carbonyl (C=O) groups is 1. The lowest BCUT2D eigenvalue weighted by Gasteiger charge is -2.26. The van der Waals surface area contributed by atoms with E-state index in [-0.39, 0.29) is 16.1 Å². The van der Waals surface area contributed by atoms with E-state index in [1.807, 2.05) is 13.8 Å². The molecule has 2 aliphatic rings. The molecule has 0 bridgehead atoms. The highest BCUT2D eigenvalue weighted by Gasteiger charge is 2.30. The summed E-state index contributed by atoms with van der Waals surface area (Å²) >= 11 is 1.38. The maximum absolute atomic E-state index is 12.7. The Bertz CT molecular complexity index is 1010. The number of aryl methyl sites for hydroxylation is 1. The van der Waals surface area contributed by atoms with Gasteiger partial charge in [0.25, 0.3) is 0 Å². The largest absolute Gasteiger partial charge is 0.379 e. The van der Waals surface area contributed by atoms with Gasteiger partial charge in [0.2, 0.25) is 15.9 Å². The van der Waals surface area contributed by atoms with E-state index in [1.54, 1.807) is 12.1 Å². The lowest BCUT2D eigenvalue weighted by molar-refractivity contribution is -0.115. The van der Waals surface area contributed by atoms with Gasteiger partial charge in [-0.1, -0.05) is 11.8 Å². The van der Waals surface area contributed by atoms with Crippen molar-refractivity contribution in [2.45, 2.75) is 48.0 Å². The second-order valence-electron chi connectivity index (χ2n) is 7.42. The monoisotopic (exact) mass is 451 g/mol. The summed E-state index contributed by atoms with van der Waals surface area (Å²) in [6.45, 7) is 5.24. The molecule has 2 heterocycles. The predicted octanol–water partition coefficient (Wildman–Crippen LogP) is 2.06. The van der Waals surface area contributed by atoms with Crippen LogP contribution in [0.1, 0.15) is 31.6 Å². The normalized spacial score (nSPS) is 18.9. The van der Waals surface area contributed by atoms with Crippen molar-refractivity contribution in [1.29, 1.82) is 0 Å². The van der Waals surface area contributed by atoms with Crippen LogP contribution in [0.15, 0.2) is 34.3 Å². The van der Waals surface area contributed by atoms with E-state index in [0.717, 1.165) is 23.8 Å². The SMILES string of the molecule is Cc1nnc(S[C@@H](C)C(=O)Nc2ccc(S(=O)(=O)N3CCOCC3)cc2)n1C1CC1. The lowest BCUT2D eigenvalue weighted by atomic mass is 10.3. The minimum Gasteiger partial charge on any atom is -0.379 e. The zero-order valence-corrected chi connectivity index (χ0v) is 18.6. The van der Waals surface area contributed by atoms with Crippen LogP contribution in [0.4, 0.5) is 5.69 Å². The van der Waals surface area contributed by atoms with Crippen molar-refractivity contribution >= 4 is 33.4 Å². The van der Waals surface area contributed by atoms with E-state index < -0.39 is 10.0 Å². The lowest BCUT2D eigenvalue weighted by Crippen LogP contribution is -2.40. The smallest absolute Gasteiger partial charge is 0.243 e. The standard InChI is InChI=1S/C19H25N5O4S2/c1-13(29-19-22-21-14(2)24(19)16-5-6-16)18(25)20-15-3-7-17(8-4-15)30(26,27)23-9-11-28-12-10-23/h3-4,7-8,13,16H,5-6,9-12H2,1-2H3,(H,20,25)/t13-/m0/s1. The van der Waals surface area contributed by atoms with Crippen molar-refractivity contribution in [2.75, 3.05) is 31.6 Å². The molecular formula is C19H25N5O4S2. The fourth-order valence-corrected chi connectivity index (χ4v) is 5.66. The minimum absolute atomic E-state index is 0.174. The zero-order valence-electron chi connectivity index (χ0n) is 16.9. The molecule has 2 aromatic rings. The predicted molar refractivity (Wildman–Crippen MR) is 113 cm³/mol. The molecule has 0 radical (unpaired) electrons. The summed E-state index contributed by atoms with van der Waals surface area (Å²) in [5.74, 6) is 0.691. The van der Waals surface area contributed by atoms with E-state index in [4.69, 9.17) is 4.74 Å². The highest BCUT2D eigenvalue weighted by atomic mass is 32.2. The van der Waals surface area contributed by atoms with E-state index in [2.05, 4.69) is 20.1 Å². The highest BCUT2D eigenvalue weighted by Crippen LogP contribution is 2.39. The average molecular weight is 452 g/mol. The molecule has 162 valence electrons. The van der Waals surface area contributed by atoms with E-state index in [1.165, 1.54) is 28.2 Å². The Kier molecular flexibility index (Phi) is 6.14. The Labute approximate surface area is 180 Å². The zero-order chi connectivity index (χ0) is 21.3. The molecule has 1 saturated carbocycles. The topological polar surface area (TPSA) is 106 Å². The van der Waals surface area contributed by atoms with Crippen LogP contribution in [0.3, 0.4) is 0 Å². The fraction of sp³-hybridized carbons (Fsp3) is 0.526. The molecular weight excluding hydrogens is 426 g/mol. The number of nitrogens with zero attached hydrogens (tertiary/aromatic N) is 4. The summed E-state index contributed by atoms with van der Waals surface area (Å²) in [6, 6.07) is 6.70. The van der Waals surface area contributed by atoms with Gasteiger partial charge in [-0.2, -0.15) is 4.31 Å². The molecule has 11 heteroatoms. The minimum atomic E-state index is -3.55. The van der Waals surface area contributed by atoms with Crippen molar-refractivity contribution in [3.05, 3.63) is 30.1 Å². The molecule has 30 heavy (non-hydrogen) atoms. The van der Waals surface area contributed by atoms with Gasteiger partial charge in [0, 0.05) is 24.8 Å². The number of benzene rings is 1. The van der Waals surface area contributed by atoms with Crippen molar-refractivity contribution in [3.8, 4) is 0 Å². The number of thioether (sulfide) groups is 1. The maximum Gasteiger partial charge on any atom is 0.243 e. The second kappa shape index (κ2) is 8.66. The van der Waals surface area contributed by atoms with Gasteiger partial charge in [-0.15, -0.1) is 10.2 Å². The third kappa shape index (κ3) is 4.53. The first kappa shape index (κ1) is 21.3. The van der Waals surface area contributed by atoms with Crippen molar-refractivity contribution in [2.24, 2.45) is 0 Å². The van der Waals surface area contributed by atoms with Gasteiger partial charge in [-0.3, -0.25) is 4.79 Å². The number of amides is 1. The fourth-order valence-electron chi connectivity index (χ4n) is 3.29. The Balaban J connectivity index is 1.38. The Hall–Kier alpha value is -1.95. The summed E-state index contributed by atoms with van der Waals surface area (Å²) in [5.41, 5.74) is 0.549. The molecule has 4 rings (SSSR count). The van der Waals surface area contributed by atoms with E-state index in [9.17, 15) is 13.2 Å². The van der Waals surface area contributed by atoms with Gasteiger partial charge in [-0.25, -0.2) is 8.42 Å². The first-order valence-corrected chi connectivity index (χ1v) is 12.3. The number of nitrogens with one attached hydrogen (secondary N) is 1. The van der Waals surface area contributed by atoms with E-state index >= 15 is 0 Å². The Morgan fingerprint density at radius 2 is 1.87 bits per heavy atom. The number of sulfonamides is 1. The summed E-state index contributed by atoms with van der Waals surface area (Å²) in [4.78, 5) is 12.8. The first-order chi connectivity index (χ1) is 14.4. The molecule has 0 unspecified atom stereocenters. The number of morpholine rings is 1. The number of rotatable bonds is 7. The third-order valence-electron chi connectivity index (χ3n) is 5.13. The van der Waals surface area contributed by atoms with Gasteiger partial charge in [0.05, 0.1) is 23.4 Å². The third-order valence-corrected chi connectivity index (χ3v) is 8.10. The summed E-state index contributed by atoms with van der Waals surface area (Å²) in [5, 5.41) is 11.6. The number of ether oxygens (including phenoxy) is 1. The second-order valence-corrected chi connectivity index (χ2v) is 10.7. The molecule has 1 aliphatic carbocycles. The van der Waals surface area contributed by atoms with Crippen molar-refractivity contribution in [3.63, 3.8) is 0 Å². The van der Waals surface area contributed by atoms with Gasteiger partial charge in [-0.05, 0) is 51.0 Å². The molecule has 1 atom stereocenters. The average Bonchev–Trinajstić information content (AvgIpc) is 3.52. The molecule has 1 aromatic carbocycles. The maximum atomic E-state index is 12.7. The Morgan fingerprint density at radius 3 is 2.50 bits per heavy atom. The van der Waals surface area contributed by atoms with E-state index in [0.29, 0.717) is 38.0 Å². The molecule has 9 nitrogen and oxygen atoms in total. The van der Waals surface area contributed by atoms with Crippen LogP contribution in [0, 0.1) is 6.92 Å². The molecule has 1 aliphatic heterocycles. The van der Waals surface area contributed by atoms with Crippen LogP contribution in [-0.4, -0.2) is 64.9 Å². The number of anilines is 1. The van der Waals surface area contributed by atoms with Crippen LogP contribution in [0.5, 0.6) is 0 Å². The molecule has 0 spiro atoms. The number of hydrogen-bond acceptors (Lipinski definition) is 7. The van der Waals surface area contributed by atoms with Crippen LogP contribution >= 0.6 is 11.8 Å². The molecule has 1 saturated heterocycles. The number of carbonyl (C=O) groups excluding carboxylic acids is 1. The quantitative estimate of drug-likeness (QED) is 0.642. The van der Waals surface area contributed by atoms with Crippen LogP contribution < -0.4 is 5.32 Å². The molecule has 1 N–H and O–H groups in total. The summed E-state index contributed by atoms with van der Waals surface area (Å²) < 4.78 is 34.1. The molecule has 2 fully saturated rings. The van der Waals surface area contributed by atoms with Gasteiger partial charge in [0.15, 0.2) is 5.16 Å².